The molecule has 0 aromatic carbocycles. The van der Waals surface area contributed by atoms with Crippen molar-refractivity contribution in [2.24, 2.45) is 7.05 Å². The fourth-order valence-electron chi connectivity index (χ4n) is 2.37. The van der Waals surface area contributed by atoms with E-state index in [2.05, 4.69) is 20.4 Å². The van der Waals surface area contributed by atoms with Gasteiger partial charge in [0.25, 0.3) is 5.91 Å². The van der Waals surface area contributed by atoms with E-state index in [1.165, 1.54) is 11.3 Å². The lowest BCUT2D eigenvalue weighted by Crippen LogP contribution is -2.15. The summed E-state index contributed by atoms with van der Waals surface area (Å²) in [5, 5.41) is 11.7. The van der Waals surface area contributed by atoms with Crippen LogP contribution < -0.4 is 5.32 Å². The summed E-state index contributed by atoms with van der Waals surface area (Å²) in [6.45, 7) is 0. The molecular weight excluding hydrogens is 354 g/mol. The van der Waals surface area contributed by atoms with Gasteiger partial charge in [0.15, 0.2) is 5.13 Å². The zero-order valence-electron chi connectivity index (χ0n) is 13.2. The van der Waals surface area contributed by atoms with E-state index in [1.807, 2.05) is 35.0 Å². The largest absolute Gasteiger partial charge is 0.296 e. The Bertz CT molecular complexity index is 1010. The van der Waals surface area contributed by atoms with E-state index in [1.54, 1.807) is 41.5 Å². The second kappa shape index (κ2) is 6.58. The molecule has 0 saturated carbocycles. The number of hydrogen-bond donors (Lipinski definition) is 1. The maximum atomic E-state index is 12.6. The van der Waals surface area contributed by atoms with Gasteiger partial charge in [-0.2, -0.15) is 5.10 Å². The molecule has 25 heavy (non-hydrogen) atoms. The van der Waals surface area contributed by atoms with Gasteiger partial charge >= 0.3 is 0 Å². The number of aryl methyl sites for hydroxylation is 1. The Morgan fingerprint density at radius 2 is 2.00 bits per heavy atom. The molecule has 8 heteroatoms. The van der Waals surface area contributed by atoms with E-state index in [4.69, 9.17) is 0 Å². The molecule has 0 aliphatic rings. The Hall–Kier alpha value is -2.84. The maximum absolute atomic E-state index is 12.6. The molecule has 0 atom stereocenters. The molecule has 4 aromatic heterocycles. The van der Waals surface area contributed by atoms with Crippen molar-refractivity contribution in [1.29, 1.82) is 0 Å². The van der Waals surface area contributed by atoms with Crippen molar-refractivity contribution in [2.75, 3.05) is 5.32 Å². The third-order valence-corrected chi connectivity index (χ3v) is 5.24. The summed E-state index contributed by atoms with van der Waals surface area (Å²) in [4.78, 5) is 22.0. The molecule has 0 aliphatic heterocycles. The highest BCUT2D eigenvalue weighted by atomic mass is 32.1. The lowest BCUT2D eigenvalue weighted by Gasteiger charge is -2.01. The number of rotatable bonds is 4. The molecule has 124 valence electrons. The monoisotopic (exact) mass is 367 g/mol. The average Bonchev–Trinajstić information content (AvgIpc) is 3.35. The Labute approximate surface area is 151 Å². The number of aromatic nitrogens is 4. The van der Waals surface area contributed by atoms with Crippen molar-refractivity contribution in [3.8, 4) is 21.8 Å². The van der Waals surface area contributed by atoms with Crippen LogP contribution in [0.4, 0.5) is 5.13 Å². The minimum atomic E-state index is -0.228. The Kier molecular flexibility index (Phi) is 4.12. The minimum absolute atomic E-state index is 0.228. The van der Waals surface area contributed by atoms with Crippen LogP contribution in [-0.4, -0.2) is 25.7 Å². The van der Waals surface area contributed by atoms with Crippen molar-refractivity contribution < 1.29 is 4.79 Å². The van der Waals surface area contributed by atoms with Crippen molar-refractivity contribution in [3.63, 3.8) is 0 Å². The third kappa shape index (κ3) is 3.21. The van der Waals surface area contributed by atoms with E-state index >= 15 is 0 Å². The quantitative estimate of drug-likeness (QED) is 0.593. The molecule has 0 fully saturated rings. The summed E-state index contributed by atoms with van der Waals surface area (Å²) >= 11 is 2.98. The van der Waals surface area contributed by atoms with Crippen LogP contribution in [0.1, 0.15) is 10.5 Å². The molecule has 4 rings (SSSR count). The summed E-state index contributed by atoms with van der Waals surface area (Å²) in [5.41, 5.74) is 3.06. The molecule has 6 nitrogen and oxygen atoms in total. The van der Waals surface area contributed by atoms with Crippen LogP contribution in [0.25, 0.3) is 21.8 Å². The lowest BCUT2D eigenvalue weighted by atomic mass is 10.2. The molecule has 1 amide bonds. The second-order valence-electron chi connectivity index (χ2n) is 5.24. The summed E-state index contributed by atoms with van der Waals surface area (Å²) in [5.74, 6) is -0.228. The van der Waals surface area contributed by atoms with Gasteiger partial charge < -0.3 is 0 Å². The molecule has 0 aliphatic carbocycles. The van der Waals surface area contributed by atoms with Crippen LogP contribution in [-0.2, 0) is 7.05 Å². The molecule has 0 radical (unpaired) electrons. The maximum Gasteiger partial charge on any atom is 0.275 e. The normalized spacial score (nSPS) is 10.8. The Morgan fingerprint density at radius 1 is 1.16 bits per heavy atom. The fraction of sp³-hybridized carbons (Fsp3) is 0.0588. The van der Waals surface area contributed by atoms with Crippen molar-refractivity contribution >= 4 is 33.7 Å². The number of amides is 1. The van der Waals surface area contributed by atoms with Gasteiger partial charge in [-0.25, -0.2) is 4.98 Å². The van der Waals surface area contributed by atoms with E-state index in [0.29, 0.717) is 10.8 Å². The number of pyridine rings is 1. The standard InChI is InChI=1S/C17H13N5OS2/c1-22-14(9-12(21-22)15-3-2-8-24-15)16(23)20-17-19-13(10-25-17)11-4-6-18-7-5-11/h2-10H,1H3,(H,19,20,23). The number of anilines is 1. The van der Waals surface area contributed by atoms with E-state index in [-0.39, 0.29) is 5.91 Å². The topological polar surface area (TPSA) is 72.7 Å². The molecule has 0 bridgehead atoms. The SMILES string of the molecule is Cn1nc(-c2cccs2)cc1C(=O)Nc1nc(-c2ccncc2)cs1. The summed E-state index contributed by atoms with van der Waals surface area (Å²) in [6.07, 6.45) is 3.43. The Balaban J connectivity index is 1.54. The first-order chi connectivity index (χ1) is 12.2. The zero-order valence-corrected chi connectivity index (χ0v) is 14.8. The van der Waals surface area contributed by atoms with E-state index < -0.39 is 0 Å². The molecule has 1 N–H and O–H groups in total. The predicted molar refractivity (Wildman–Crippen MR) is 99.8 cm³/mol. The van der Waals surface area contributed by atoms with E-state index in [0.717, 1.165) is 21.8 Å². The highest BCUT2D eigenvalue weighted by Crippen LogP contribution is 2.26. The van der Waals surface area contributed by atoms with Gasteiger partial charge in [-0.1, -0.05) is 6.07 Å². The number of carbonyl (C=O) groups excluding carboxylic acids is 1. The smallest absolute Gasteiger partial charge is 0.275 e. The van der Waals surface area contributed by atoms with Crippen LogP contribution in [0.2, 0.25) is 0 Å². The van der Waals surface area contributed by atoms with Gasteiger partial charge in [-0.15, -0.1) is 22.7 Å². The molecular formula is C17H13N5OS2. The van der Waals surface area contributed by atoms with Crippen LogP contribution in [0.3, 0.4) is 0 Å². The Morgan fingerprint density at radius 3 is 2.76 bits per heavy atom. The first-order valence-corrected chi connectivity index (χ1v) is 9.22. The molecule has 0 spiro atoms. The summed E-state index contributed by atoms with van der Waals surface area (Å²) in [6, 6.07) is 9.50. The second-order valence-corrected chi connectivity index (χ2v) is 7.05. The first kappa shape index (κ1) is 15.7. The van der Waals surface area contributed by atoms with Crippen LogP contribution in [0.15, 0.2) is 53.5 Å². The predicted octanol–water partition coefficient (Wildman–Crippen LogP) is 3.92. The number of thiophene rings is 1. The van der Waals surface area contributed by atoms with Gasteiger partial charge in [0.2, 0.25) is 0 Å². The number of hydrogen-bond acceptors (Lipinski definition) is 6. The average molecular weight is 367 g/mol. The highest BCUT2D eigenvalue weighted by molar-refractivity contribution is 7.14. The van der Waals surface area contributed by atoms with Gasteiger partial charge in [-0.3, -0.25) is 19.8 Å². The molecule has 0 saturated heterocycles. The number of nitrogens with zero attached hydrogens (tertiary/aromatic N) is 4. The molecule has 4 heterocycles. The summed E-state index contributed by atoms with van der Waals surface area (Å²) < 4.78 is 1.59. The van der Waals surface area contributed by atoms with Crippen molar-refractivity contribution in [2.45, 2.75) is 0 Å². The van der Waals surface area contributed by atoms with Crippen LogP contribution in [0, 0.1) is 0 Å². The van der Waals surface area contributed by atoms with E-state index in [9.17, 15) is 4.79 Å². The number of nitrogens with one attached hydrogen (secondary N) is 1. The first-order valence-electron chi connectivity index (χ1n) is 7.46. The summed E-state index contributed by atoms with van der Waals surface area (Å²) in [7, 11) is 1.76. The lowest BCUT2D eigenvalue weighted by molar-refractivity contribution is 0.101. The minimum Gasteiger partial charge on any atom is -0.296 e. The van der Waals surface area contributed by atoms with Gasteiger partial charge in [0, 0.05) is 30.4 Å². The van der Waals surface area contributed by atoms with Crippen LogP contribution >= 0.6 is 22.7 Å². The van der Waals surface area contributed by atoms with Crippen molar-refractivity contribution in [3.05, 3.63) is 59.2 Å². The molecule has 4 aromatic rings. The zero-order chi connectivity index (χ0) is 17.2. The third-order valence-electron chi connectivity index (χ3n) is 3.59. The fourth-order valence-corrected chi connectivity index (χ4v) is 3.77. The van der Waals surface area contributed by atoms with Crippen molar-refractivity contribution in [1.82, 2.24) is 19.7 Å². The highest BCUT2D eigenvalue weighted by Gasteiger charge is 2.16. The number of carbonyl (C=O) groups is 1. The van der Waals surface area contributed by atoms with Gasteiger partial charge in [-0.05, 0) is 29.6 Å². The molecule has 0 unspecified atom stereocenters. The van der Waals surface area contributed by atoms with Gasteiger partial charge in [0.1, 0.15) is 11.4 Å². The van der Waals surface area contributed by atoms with Gasteiger partial charge in [0.05, 0.1) is 10.6 Å². The number of thiazole rings is 1. The van der Waals surface area contributed by atoms with Crippen LogP contribution in [0.5, 0.6) is 0 Å².